The highest BCUT2D eigenvalue weighted by molar-refractivity contribution is 9.10. The van der Waals surface area contributed by atoms with Crippen molar-refractivity contribution in [1.82, 2.24) is 4.90 Å². The Morgan fingerprint density at radius 2 is 1.61 bits per heavy atom. The van der Waals surface area contributed by atoms with Crippen LogP contribution in [0.1, 0.15) is 42.0 Å². The molecule has 176 valence electrons. The predicted octanol–water partition coefficient (Wildman–Crippen LogP) is 7.27. The molecule has 0 fully saturated rings. The fourth-order valence-corrected chi connectivity index (χ4v) is 4.68. The Morgan fingerprint density at radius 3 is 2.33 bits per heavy atom. The molecule has 1 atom stereocenters. The molecule has 0 bridgehead atoms. The van der Waals surface area contributed by atoms with Gasteiger partial charge in [-0.05, 0) is 60.7 Å². The molecule has 0 unspecified atom stereocenters. The van der Waals surface area contributed by atoms with Crippen LogP contribution in [-0.2, 0) is 17.9 Å². The van der Waals surface area contributed by atoms with Gasteiger partial charge in [-0.15, -0.1) is 0 Å². The Labute approximate surface area is 212 Å². The molecule has 0 radical (unpaired) electrons. The Hall–Kier alpha value is -1.57. The van der Waals surface area contributed by atoms with Gasteiger partial charge >= 0.3 is 0 Å². The lowest BCUT2D eigenvalue weighted by molar-refractivity contribution is 0.0444. The topological polar surface area (TPSA) is 32.7 Å². The molecule has 3 aromatic carbocycles. The van der Waals surface area contributed by atoms with Crippen LogP contribution in [0.2, 0.25) is 0 Å². The number of ether oxygens (including phenoxy) is 1. The molecule has 3 aromatic rings. The zero-order chi connectivity index (χ0) is 23.5. The van der Waals surface area contributed by atoms with Gasteiger partial charge in [0.2, 0.25) is 0 Å². The van der Waals surface area contributed by atoms with Crippen molar-refractivity contribution in [3.8, 4) is 0 Å². The lowest BCUT2D eigenvalue weighted by atomic mass is 10.0. The third-order valence-corrected chi connectivity index (χ3v) is 7.12. The van der Waals surface area contributed by atoms with Gasteiger partial charge in [0, 0.05) is 22.1 Å². The molecule has 3 nitrogen and oxygen atoms in total. The Balaban J connectivity index is 1.79. The first-order chi connectivity index (χ1) is 16.1. The van der Waals surface area contributed by atoms with Crippen LogP contribution >= 0.6 is 31.9 Å². The molecule has 0 aromatic heterocycles. The third-order valence-electron chi connectivity index (χ3n) is 5.61. The highest BCUT2D eigenvalue weighted by Gasteiger charge is 2.22. The van der Waals surface area contributed by atoms with Crippen LogP contribution in [0.25, 0.3) is 0 Å². The number of aliphatic hydroxyl groups is 1. The number of benzene rings is 3. The number of halogens is 3. The number of hydrogen-bond acceptors (Lipinski definition) is 3. The Kier molecular flexibility index (Phi) is 11.0. The molecule has 3 rings (SSSR count). The molecule has 6 heteroatoms. The van der Waals surface area contributed by atoms with Crippen molar-refractivity contribution in [3.05, 3.63) is 104 Å². The molecule has 1 N–H and O–H groups in total. The van der Waals surface area contributed by atoms with E-state index in [0.29, 0.717) is 17.7 Å². The first-order valence-corrected chi connectivity index (χ1v) is 12.8. The van der Waals surface area contributed by atoms with E-state index in [1.54, 1.807) is 6.07 Å². The van der Waals surface area contributed by atoms with Crippen LogP contribution < -0.4 is 0 Å². The third kappa shape index (κ3) is 8.30. The lowest BCUT2D eigenvalue weighted by Gasteiger charge is -2.32. The van der Waals surface area contributed by atoms with Crippen LogP contribution in [0.3, 0.4) is 0 Å². The predicted molar refractivity (Wildman–Crippen MR) is 138 cm³/mol. The van der Waals surface area contributed by atoms with E-state index < -0.39 is 0 Å². The van der Waals surface area contributed by atoms with E-state index in [1.807, 2.05) is 12.1 Å². The largest absolute Gasteiger partial charge is 0.396 e. The van der Waals surface area contributed by atoms with E-state index in [0.717, 1.165) is 42.4 Å². The average molecular weight is 579 g/mol. The number of rotatable bonds is 13. The highest BCUT2D eigenvalue weighted by atomic mass is 79.9. The summed E-state index contributed by atoms with van der Waals surface area (Å²) in [5.41, 5.74) is 3.34. The fourth-order valence-electron chi connectivity index (χ4n) is 3.80. The Bertz CT molecular complexity index is 987. The summed E-state index contributed by atoms with van der Waals surface area (Å²) < 4.78 is 21.4. The SMILES string of the molecule is OCCCCCN(Cc1ccccc1Br)[C@@H](COCc1ccc(F)cc1Br)c1ccccc1. The van der Waals surface area contributed by atoms with Crippen molar-refractivity contribution >= 4 is 31.9 Å². The minimum Gasteiger partial charge on any atom is -0.396 e. The van der Waals surface area contributed by atoms with Crippen LogP contribution in [0.4, 0.5) is 4.39 Å². The van der Waals surface area contributed by atoms with Gasteiger partial charge in [0.25, 0.3) is 0 Å². The minimum atomic E-state index is -0.268. The van der Waals surface area contributed by atoms with E-state index in [1.165, 1.54) is 23.3 Å². The van der Waals surface area contributed by atoms with Crippen molar-refractivity contribution in [2.75, 3.05) is 19.8 Å². The van der Waals surface area contributed by atoms with E-state index >= 15 is 0 Å². The molecule has 0 aliphatic heterocycles. The normalized spacial score (nSPS) is 12.3. The standard InChI is InChI=1S/C27H30Br2FNO2/c28-25-12-6-5-11-22(25)18-31(15-7-2-8-16-32)27(21-9-3-1-4-10-21)20-33-19-23-13-14-24(30)17-26(23)29/h1,3-6,9-14,17,27,32H,2,7-8,15-16,18-20H2/t27-/m0/s1. The second kappa shape index (κ2) is 14.0. The van der Waals surface area contributed by atoms with Crippen LogP contribution in [-0.4, -0.2) is 29.8 Å². The van der Waals surface area contributed by atoms with Crippen molar-refractivity contribution in [3.63, 3.8) is 0 Å². The second-order valence-electron chi connectivity index (χ2n) is 8.02. The second-order valence-corrected chi connectivity index (χ2v) is 9.73. The van der Waals surface area contributed by atoms with Gasteiger partial charge < -0.3 is 9.84 Å². The molecular weight excluding hydrogens is 549 g/mol. The molecule has 0 heterocycles. The summed E-state index contributed by atoms with van der Waals surface area (Å²) in [7, 11) is 0. The quantitative estimate of drug-likeness (QED) is 0.216. The maximum atomic E-state index is 13.4. The number of nitrogens with zero attached hydrogens (tertiary/aromatic N) is 1. The van der Waals surface area contributed by atoms with E-state index in [2.05, 4.69) is 79.2 Å². The minimum absolute atomic E-state index is 0.0617. The highest BCUT2D eigenvalue weighted by Crippen LogP contribution is 2.28. The smallest absolute Gasteiger partial charge is 0.124 e. The first-order valence-electron chi connectivity index (χ1n) is 11.2. The fraction of sp³-hybridized carbons (Fsp3) is 0.333. The summed E-state index contributed by atoms with van der Waals surface area (Å²) >= 11 is 7.13. The van der Waals surface area contributed by atoms with E-state index in [4.69, 9.17) is 4.74 Å². The monoisotopic (exact) mass is 577 g/mol. The summed E-state index contributed by atoms with van der Waals surface area (Å²) in [6, 6.07) is 23.5. The molecule has 0 spiro atoms. The zero-order valence-electron chi connectivity index (χ0n) is 18.6. The van der Waals surface area contributed by atoms with E-state index in [-0.39, 0.29) is 18.5 Å². The number of aliphatic hydroxyl groups excluding tert-OH is 1. The van der Waals surface area contributed by atoms with Gasteiger partial charge in [0.1, 0.15) is 5.82 Å². The maximum Gasteiger partial charge on any atom is 0.124 e. The molecule has 0 aliphatic carbocycles. The zero-order valence-corrected chi connectivity index (χ0v) is 21.8. The Morgan fingerprint density at radius 1 is 0.848 bits per heavy atom. The molecular formula is C27H30Br2FNO2. The van der Waals surface area contributed by atoms with Gasteiger partial charge in [0.05, 0.1) is 19.3 Å². The molecule has 0 aliphatic rings. The maximum absolute atomic E-state index is 13.4. The lowest BCUT2D eigenvalue weighted by Crippen LogP contribution is -2.32. The van der Waals surface area contributed by atoms with Crippen molar-refractivity contribution in [1.29, 1.82) is 0 Å². The summed E-state index contributed by atoms with van der Waals surface area (Å²) in [5.74, 6) is -0.268. The summed E-state index contributed by atoms with van der Waals surface area (Å²) in [6.07, 6.45) is 2.79. The van der Waals surface area contributed by atoms with E-state index in [9.17, 15) is 9.50 Å². The number of hydrogen-bond donors (Lipinski definition) is 1. The van der Waals surface area contributed by atoms with Crippen molar-refractivity contribution in [2.45, 2.75) is 38.5 Å². The molecule has 0 amide bonds. The van der Waals surface area contributed by atoms with Crippen molar-refractivity contribution < 1.29 is 14.2 Å². The first kappa shape index (κ1) is 26.0. The summed E-state index contributed by atoms with van der Waals surface area (Å²) in [6.45, 7) is 2.81. The average Bonchev–Trinajstić information content (AvgIpc) is 2.82. The molecule has 0 saturated carbocycles. The van der Waals surface area contributed by atoms with Gasteiger partial charge in [-0.25, -0.2) is 4.39 Å². The van der Waals surface area contributed by atoms with Crippen LogP contribution in [0.15, 0.2) is 81.7 Å². The van der Waals surface area contributed by atoms with Gasteiger partial charge in [-0.2, -0.15) is 0 Å². The van der Waals surface area contributed by atoms with Gasteiger partial charge in [0.15, 0.2) is 0 Å². The number of unbranched alkanes of at least 4 members (excludes halogenated alkanes) is 2. The van der Waals surface area contributed by atoms with Gasteiger partial charge in [-0.3, -0.25) is 4.90 Å². The van der Waals surface area contributed by atoms with Crippen LogP contribution in [0, 0.1) is 5.82 Å². The summed E-state index contributed by atoms with van der Waals surface area (Å²) in [5, 5.41) is 9.19. The summed E-state index contributed by atoms with van der Waals surface area (Å²) in [4.78, 5) is 2.45. The van der Waals surface area contributed by atoms with Gasteiger partial charge in [-0.1, -0.05) is 86.5 Å². The molecule has 0 saturated heterocycles. The molecule has 33 heavy (non-hydrogen) atoms. The van der Waals surface area contributed by atoms with Crippen LogP contribution in [0.5, 0.6) is 0 Å². The van der Waals surface area contributed by atoms with Crippen molar-refractivity contribution in [2.24, 2.45) is 0 Å².